The lowest BCUT2D eigenvalue weighted by atomic mass is 9.63. The van der Waals surface area contributed by atoms with Crippen LogP contribution in [0.15, 0.2) is 36.4 Å². The van der Waals surface area contributed by atoms with Gasteiger partial charge in [0.1, 0.15) is 11.9 Å². The van der Waals surface area contributed by atoms with Crippen molar-refractivity contribution in [3.05, 3.63) is 70.0 Å². The molecule has 0 bridgehead atoms. The van der Waals surface area contributed by atoms with E-state index in [1.165, 1.54) is 17.7 Å². The Bertz CT molecular complexity index is 975. The highest BCUT2D eigenvalue weighted by atomic mass is 19.1. The summed E-state index contributed by atoms with van der Waals surface area (Å²) in [6, 6.07) is 9.09. The van der Waals surface area contributed by atoms with Crippen LogP contribution in [0.3, 0.4) is 0 Å². The minimum Gasteiger partial charge on any atom is -0.478 e. The number of carbonyl (C=O) groups is 2. The lowest BCUT2D eigenvalue weighted by Crippen LogP contribution is -2.34. The lowest BCUT2D eigenvalue weighted by molar-refractivity contribution is -0.126. The number of hydrogen-bond acceptors (Lipinski definition) is 3. The molecule has 29 heavy (non-hydrogen) atoms. The first kappa shape index (κ1) is 21.2. The Hall–Kier alpha value is -2.53. The number of fused-ring (bicyclic) bond motifs is 1. The first-order chi connectivity index (χ1) is 13.4. The van der Waals surface area contributed by atoms with E-state index in [1.807, 2.05) is 12.1 Å². The molecule has 0 radical (unpaired) electrons. The number of carboxylic acid groups (broad SMARTS) is 1. The molecular weight excluding hydrogens is 371 g/mol. The highest BCUT2D eigenvalue weighted by Crippen LogP contribution is 2.46. The van der Waals surface area contributed by atoms with Crippen LogP contribution < -0.4 is 0 Å². The molecule has 1 aliphatic carbocycles. The van der Waals surface area contributed by atoms with Crippen LogP contribution in [0.2, 0.25) is 0 Å². The van der Waals surface area contributed by atoms with E-state index in [2.05, 4.69) is 27.7 Å². The van der Waals surface area contributed by atoms with E-state index in [1.54, 1.807) is 6.07 Å². The summed E-state index contributed by atoms with van der Waals surface area (Å²) < 4.78 is 14.2. The van der Waals surface area contributed by atoms with Gasteiger partial charge in [0.15, 0.2) is 5.78 Å². The van der Waals surface area contributed by atoms with Gasteiger partial charge in [-0.05, 0) is 58.1 Å². The van der Waals surface area contributed by atoms with Crippen molar-refractivity contribution in [1.29, 1.82) is 0 Å². The maximum atomic E-state index is 14.2. The number of aromatic carboxylic acids is 1. The molecule has 2 N–H and O–H groups in total. The van der Waals surface area contributed by atoms with Crippen LogP contribution in [0.4, 0.5) is 4.39 Å². The Morgan fingerprint density at radius 2 is 1.62 bits per heavy atom. The topological polar surface area (TPSA) is 74.6 Å². The number of halogens is 1. The summed E-state index contributed by atoms with van der Waals surface area (Å²) in [6.45, 7) is 8.73. The summed E-state index contributed by atoms with van der Waals surface area (Å²) in [6.07, 6.45) is 0.416. The average molecular weight is 398 g/mol. The van der Waals surface area contributed by atoms with E-state index in [-0.39, 0.29) is 28.4 Å². The Kier molecular flexibility index (Phi) is 5.39. The van der Waals surface area contributed by atoms with Crippen molar-refractivity contribution < 1.29 is 24.2 Å². The molecule has 154 valence electrons. The second-order valence-electron chi connectivity index (χ2n) is 9.23. The summed E-state index contributed by atoms with van der Waals surface area (Å²) in [5.41, 5.74) is 2.73. The first-order valence-corrected chi connectivity index (χ1v) is 9.80. The third-order valence-corrected chi connectivity index (χ3v) is 6.16. The predicted molar refractivity (Wildman–Crippen MR) is 109 cm³/mol. The zero-order chi connectivity index (χ0) is 21.6. The fourth-order valence-electron chi connectivity index (χ4n) is 4.07. The second kappa shape index (κ2) is 7.38. The smallest absolute Gasteiger partial charge is 0.335 e. The van der Waals surface area contributed by atoms with Gasteiger partial charge >= 0.3 is 5.97 Å². The summed E-state index contributed by atoms with van der Waals surface area (Å²) >= 11 is 0. The number of carboxylic acids is 1. The van der Waals surface area contributed by atoms with Crippen LogP contribution in [-0.4, -0.2) is 22.0 Å². The van der Waals surface area contributed by atoms with Gasteiger partial charge in [-0.1, -0.05) is 52.0 Å². The molecule has 0 aromatic heterocycles. The highest BCUT2D eigenvalue weighted by molar-refractivity contribution is 5.89. The highest BCUT2D eigenvalue weighted by Gasteiger charge is 2.37. The van der Waals surface area contributed by atoms with Crippen molar-refractivity contribution in [2.24, 2.45) is 0 Å². The molecular formula is C24H27FO4. The van der Waals surface area contributed by atoms with E-state index in [0.717, 1.165) is 24.5 Å². The largest absolute Gasteiger partial charge is 0.478 e. The summed E-state index contributed by atoms with van der Waals surface area (Å²) in [7, 11) is 0. The molecule has 0 aliphatic heterocycles. The number of rotatable bonds is 5. The van der Waals surface area contributed by atoms with Crippen LogP contribution in [0, 0.1) is 5.82 Å². The zero-order valence-corrected chi connectivity index (χ0v) is 17.3. The molecule has 2 aromatic carbocycles. The Morgan fingerprint density at radius 3 is 2.21 bits per heavy atom. The van der Waals surface area contributed by atoms with Gasteiger partial charge in [0.25, 0.3) is 0 Å². The van der Waals surface area contributed by atoms with Gasteiger partial charge in [-0.15, -0.1) is 0 Å². The van der Waals surface area contributed by atoms with Crippen LogP contribution in [0.25, 0.3) is 0 Å². The molecule has 1 aliphatic rings. The summed E-state index contributed by atoms with van der Waals surface area (Å²) in [5, 5.41) is 19.5. The minimum absolute atomic E-state index is 0.0351. The summed E-state index contributed by atoms with van der Waals surface area (Å²) in [5.74, 6) is -2.53. The van der Waals surface area contributed by atoms with E-state index in [4.69, 9.17) is 5.11 Å². The van der Waals surface area contributed by atoms with E-state index >= 15 is 0 Å². The van der Waals surface area contributed by atoms with Crippen LogP contribution >= 0.6 is 0 Å². The first-order valence-electron chi connectivity index (χ1n) is 9.80. The molecule has 0 saturated carbocycles. The molecule has 0 fully saturated rings. The van der Waals surface area contributed by atoms with Crippen molar-refractivity contribution in [2.45, 2.75) is 63.9 Å². The zero-order valence-electron chi connectivity index (χ0n) is 17.3. The molecule has 0 amide bonds. The maximum Gasteiger partial charge on any atom is 0.335 e. The number of ketones is 1. The second-order valence-corrected chi connectivity index (χ2v) is 9.23. The Balaban J connectivity index is 1.86. The number of Topliss-reactive ketones (excluding diaryl/α,β-unsaturated/α-hetero) is 1. The molecule has 2 aromatic rings. The molecule has 0 heterocycles. The van der Waals surface area contributed by atoms with Gasteiger partial charge in [0.2, 0.25) is 0 Å². The van der Waals surface area contributed by atoms with Gasteiger partial charge in [-0.25, -0.2) is 9.18 Å². The molecule has 0 saturated heterocycles. The Morgan fingerprint density at radius 1 is 1.00 bits per heavy atom. The van der Waals surface area contributed by atoms with Gasteiger partial charge in [0.05, 0.1) is 5.56 Å². The van der Waals surface area contributed by atoms with Gasteiger partial charge in [-0.3, -0.25) is 4.79 Å². The summed E-state index contributed by atoms with van der Waals surface area (Å²) in [4.78, 5) is 23.5. The van der Waals surface area contributed by atoms with E-state index in [0.29, 0.717) is 5.56 Å². The number of hydrogen-bond donors (Lipinski definition) is 2. The fraction of sp³-hybridized carbons (Fsp3) is 0.417. The lowest BCUT2D eigenvalue weighted by Gasteiger charge is -2.42. The number of carbonyl (C=O) groups excluding carboxylic acids is 1. The minimum atomic E-state index is -1.36. The van der Waals surface area contributed by atoms with Crippen LogP contribution in [0.1, 0.15) is 79.3 Å². The van der Waals surface area contributed by atoms with Crippen LogP contribution in [-0.2, 0) is 22.0 Å². The van der Waals surface area contributed by atoms with E-state index < -0.39 is 23.7 Å². The van der Waals surface area contributed by atoms with E-state index in [9.17, 15) is 19.1 Å². The van der Waals surface area contributed by atoms with Gasteiger partial charge in [-0.2, -0.15) is 0 Å². The molecule has 3 rings (SSSR count). The monoisotopic (exact) mass is 398 g/mol. The quantitative estimate of drug-likeness (QED) is 0.764. The Labute approximate surface area is 170 Å². The molecule has 0 spiro atoms. The number of aliphatic hydroxyl groups is 1. The maximum absolute atomic E-state index is 14.2. The van der Waals surface area contributed by atoms with Crippen molar-refractivity contribution in [3.8, 4) is 0 Å². The third kappa shape index (κ3) is 4.10. The van der Waals surface area contributed by atoms with Gasteiger partial charge < -0.3 is 10.2 Å². The molecule has 1 atom stereocenters. The molecule has 5 heteroatoms. The number of benzene rings is 2. The predicted octanol–water partition coefficient (Wildman–Crippen LogP) is 4.72. The van der Waals surface area contributed by atoms with Crippen molar-refractivity contribution in [1.82, 2.24) is 0 Å². The normalized spacial score (nSPS) is 18.0. The molecule has 4 nitrogen and oxygen atoms in total. The third-order valence-electron chi connectivity index (χ3n) is 6.16. The SMILES string of the molecule is CC1(C)CCC(C)(C)c2cc([C@H](O)C(=O)Cc3ccc(C(=O)O)cc3F)ccc21. The van der Waals surface area contributed by atoms with Crippen molar-refractivity contribution in [2.75, 3.05) is 0 Å². The fourth-order valence-corrected chi connectivity index (χ4v) is 4.07. The van der Waals surface area contributed by atoms with Gasteiger partial charge in [0, 0.05) is 6.42 Å². The van der Waals surface area contributed by atoms with Crippen LogP contribution in [0.5, 0.6) is 0 Å². The standard InChI is InChI=1S/C24H27FO4/c1-23(2)9-10-24(3,4)18-11-15(7-8-17(18)23)21(27)20(26)13-14-5-6-16(22(28)29)12-19(14)25/h5-8,11-12,21,27H,9-10,13H2,1-4H3,(H,28,29)/t21-/m0/s1. The van der Waals surface area contributed by atoms with Crippen molar-refractivity contribution in [3.63, 3.8) is 0 Å². The van der Waals surface area contributed by atoms with Crippen molar-refractivity contribution >= 4 is 11.8 Å². The average Bonchev–Trinajstić information content (AvgIpc) is 2.66. The number of aliphatic hydroxyl groups excluding tert-OH is 1. The molecule has 0 unspecified atom stereocenters.